The number of carbonyl (C=O) groups excluding carboxylic acids is 1. The number of carbonyl (C=O) groups is 1. The van der Waals surface area contributed by atoms with Crippen molar-refractivity contribution in [1.29, 1.82) is 0 Å². The predicted octanol–water partition coefficient (Wildman–Crippen LogP) is 4.40. The van der Waals surface area contributed by atoms with Crippen LogP contribution in [0.2, 0.25) is 0 Å². The van der Waals surface area contributed by atoms with E-state index in [4.69, 9.17) is 0 Å². The van der Waals surface area contributed by atoms with Gasteiger partial charge >= 0.3 is 0 Å². The van der Waals surface area contributed by atoms with Crippen LogP contribution in [0.1, 0.15) is 24.8 Å². The molecule has 4 heteroatoms. The van der Waals surface area contributed by atoms with Crippen LogP contribution in [-0.2, 0) is 10.5 Å². The number of rotatable bonds is 6. The van der Waals surface area contributed by atoms with Gasteiger partial charge in [0.15, 0.2) is 0 Å². The van der Waals surface area contributed by atoms with E-state index < -0.39 is 0 Å². The van der Waals surface area contributed by atoms with Crippen molar-refractivity contribution < 1.29 is 4.79 Å². The number of thioether (sulfide) groups is 1. The minimum Gasteiger partial charge on any atom is -0.324 e. The monoisotopic (exact) mass is 340 g/mol. The van der Waals surface area contributed by atoms with Crippen molar-refractivity contribution in [1.82, 2.24) is 4.90 Å². The van der Waals surface area contributed by atoms with Crippen LogP contribution in [-0.4, -0.2) is 30.4 Å². The van der Waals surface area contributed by atoms with Crippen LogP contribution in [0.15, 0.2) is 59.5 Å². The summed E-state index contributed by atoms with van der Waals surface area (Å²) < 4.78 is 0. The van der Waals surface area contributed by atoms with E-state index in [0.29, 0.717) is 6.54 Å². The van der Waals surface area contributed by atoms with E-state index in [1.54, 1.807) is 11.8 Å². The molecule has 126 valence electrons. The lowest BCUT2D eigenvalue weighted by atomic mass is 10.1. The van der Waals surface area contributed by atoms with Gasteiger partial charge in [0.2, 0.25) is 5.91 Å². The molecule has 0 aliphatic carbocycles. The van der Waals surface area contributed by atoms with Gasteiger partial charge in [0.1, 0.15) is 0 Å². The van der Waals surface area contributed by atoms with Crippen molar-refractivity contribution in [3.05, 3.63) is 60.2 Å². The molecule has 1 aliphatic heterocycles. The molecule has 24 heavy (non-hydrogen) atoms. The minimum absolute atomic E-state index is 0.0876. The first-order chi connectivity index (χ1) is 11.8. The zero-order chi connectivity index (χ0) is 16.6. The number of para-hydroxylation sites is 1. The lowest BCUT2D eigenvalue weighted by Gasteiger charge is -2.25. The van der Waals surface area contributed by atoms with E-state index in [2.05, 4.69) is 40.5 Å². The molecule has 3 nitrogen and oxygen atoms in total. The van der Waals surface area contributed by atoms with Gasteiger partial charge in [0.25, 0.3) is 0 Å². The van der Waals surface area contributed by atoms with Gasteiger partial charge in [-0.1, -0.05) is 48.9 Å². The van der Waals surface area contributed by atoms with Gasteiger partial charge in [0.05, 0.1) is 12.2 Å². The van der Waals surface area contributed by atoms with Gasteiger partial charge in [-0.25, -0.2) is 0 Å². The Kier molecular flexibility index (Phi) is 6.33. The van der Waals surface area contributed by atoms with Crippen molar-refractivity contribution in [2.45, 2.75) is 29.9 Å². The summed E-state index contributed by atoms with van der Waals surface area (Å²) in [6, 6.07) is 18.5. The molecule has 0 aromatic heterocycles. The molecule has 1 amide bonds. The minimum atomic E-state index is 0.0876. The lowest BCUT2D eigenvalue weighted by Crippen LogP contribution is -2.36. The molecular weight excluding hydrogens is 316 g/mol. The van der Waals surface area contributed by atoms with E-state index in [1.165, 1.54) is 24.8 Å². The Hall–Kier alpha value is -1.78. The molecule has 0 spiro atoms. The van der Waals surface area contributed by atoms with E-state index >= 15 is 0 Å². The average Bonchev–Trinajstić information content (AvgIpc) is 2.63. The number of likely N-dealkylation sites (tertiary alicyclic amines) is 1. The fourth-order valence-electron chi connectivity index (χ4n) is 2.94. The van der Waals surface area contributed by atoms with E-state index in [1.807, 2.05) is 24.3 Å². The first-order valence-electron chi connectivity index (χ1n) is 8.59. The summed E-state index contributed by atoms with van der Waals surface area (Å²) in [5.41, 5.74) is 2.21. The van der Waals surface area contributed by atoms with Crippen molar-refractivity contribution in [3.8, 4) is 0 Å². The van der Waals surface area contributed by atoms with Crippen LogP contribution >= 0.6 is 11.8 Å². The lowest BCUT2D eigenvalue weighted by molar-refractivity contribution is -0.117. The summed E-state index contributed by atoms with van der Waals surface area (Å²) in [4.78, 5) is 15.7. The van der Waals surface area contributed by atoms with Crippen LogP contribution < -0.4 is 5.32 Å². The predicted molar refractivity (Wildman–Crippen MR) is 101 cm³/mol. The van der Waals surface area contributed by atoms with Crippen molar-refractivity contribution >= 4 is 23.4 Å². The van der Waals surface area contributed by atoms with Crippen LogP contribution in [0.25, 0.3) is 0 Å². The quantitative estimate of drug-likeness (QED) is 0.791. The second kappa shape index (κ2) is 8.90. The number of amides is 1. The second-order valence-electron chi connectivity index (χ2n) is 6.16. The molecular formula is C20H24N2OS. The number of piperidine rings is 1. The van der Waals surface area contributed by atoms with E-state index in [9.17, 15) is 4.79 Å². The highest BCUT2D eigenvalue weighted by Crippen LogP contribution is 2.29. The summed E-state index contributed by atoms with van der Waals surface area (Å²) >= 11 is 1.76. The maximum Gasteiger partial charge on any atom is 0.238 e. The maximum absolute atomic E-state index is 12.3. The van der Waals surface area contributed by atoms with Crippen LogP contribution in [0, 0.1) is 0 Å². The first kappa shape index (κ1) is 17.1. The third-order valence-electron chi connectivity index (χ3n) is 4.21. The van der Waals surface area contributed by atoms with Crippen molar-refractivity contribution in [2.24, 2.45) is 0 Å². The Morgan fingerprint density at radius 3 is 2.46 bits per heavy atom. The van der Waals surface area contributed by atoms with Gasteiger partial charge in [-0.15, -0.1) is 11.8 Å². The highest BCUT2D eigenvalue weighted by molar-refractivity contribution is 7.98. The molecule has 1 N–H and O–H groups in total. The normalized spacial score (nSPS) is 15.2. The SMILES string of the molecule is O=C(CN1CCCCC1)Nc1ccccc1SCc1ccccc1. The Morgan fingerprint density at radius 2 is 1.67 bits per heavy atom. The van der Waals surface area contributed by atoms with Crippen LogP contribution in [0.3, 0.4) is 0 Å². The fourth-order valence-corrected chi connectivity index (χ4v) is 3.91. The zero-order valence-corrected chi connectivity index (χ0v) is 14.7. The summed E-state index contributed by atoms with van der Waals surface area (Å²) in [6.45, 7) is 2.58. The zero-order valence-electron chi connectivity index (χ0n) is 13.9. The highest BCUT2D eigenvalue weighted by atomic mass is 32.2. The summed E-state index contributed by atoms with van der Waals surface area (Å²) in [5.74, 6) is 0.990. The van der Waals surface area contributed by atoms with Crippen molar-refractivity contribution in [3.63, 3.8) is 0 Å². The molecule has 0 radical (unpaired) electrons. The average molecular weight is 340 g/mol. The largest absolute Gasteiger partial charge is 0.324 e. The first-order valence-corrected chi connectivity index (χ1v) is 9.58. The summed E-state index contributed by atoms with van der Waals surface area (Å²) in [5, 5.41) is 3.09. The molecule has 1 saturated heterocycles. The Morgan fingerprint density at radius 1 is 0.958 bits per heavy atom. The second-order valence-corrected chi connectivity index (χ2v) is 7.17. The maximum atomic E-state index is 12.3. The number of hydrogen-bond donors (Lipinski definition) is 1. The molecule has 0 bridgehead atoms. The Balaban J connectivity index is 1.57. The number of hydrogen-bond acceptors (Lipinski definition) is 3. The standard InChI is InChI=1S/C20H24N2OS/c23-20(15-22-13-7-2-8-14-22)21-18-11-5-6-12-19(18)24-16-17-9-3-1-4-10-17/h1,3-6,9-12H,2,7-8,13-16H2,(H,21,23). The van der Waals surface area contributed by atoms with Gasteiger partial charge in [-0.2, -0.15) is 0 Å². The van der Waals surface area contributed by atoms with Gasteiger partial charge in [-0.3, -0.25) is 9.69 Å². The smallest absolute Gasteiger partial charge is 0.238 e. The van der Waals surface area contributed by atoms with Gasteiger partial charge in [0, 0.05) is 10.6 Å². The molecule has 3 rings (SSSR count). The van der Waals surface area contributed by atoms with Crippen molar-refractivity contribution in [2.75, 3.05) is 25.0 Å². The molecule has 1 heterocycles. The van der Waals surface area contributed by atoms with E-state index in [-0.39, 0.29) is 5.91 Å². The molecule has 0 unspecified atom stereocenters. The topological polar surface area (TPSA) is 32.3 Å². The number of nitrogens with one attached hydrogen (secondary N) is 1. The molecule has 0 atom stereocenters. The highest BCUT2D eigenvalue weighted by Gasteiger charge is 2.14. The van der Waals surface area contributed by atoms with Gasteiger partial charge < -0.3 is 5.32 Å². The molecule has 0 saturated carbocycles. The Labute approximate surface area is 148 Å². The van der Waals surface area contributed by atoms with Crippen LogP contribution in [0.5, 0.6) is 0 Å². The summed E-state index contributed by atoms with van der Waals surface area (Å²) in [7, 11) is 0. The third-order valence-corrected chi connectivity index (χ3v) is 5.36. The van der Waals surface area contributed by atoms with E-state index in [0.717, 1.165) is 29.4 Å². The third kappa shape index (κ3) is 5.11. The molecule has 2 aromatic carbocycles. The molecule has 1 aliphatic rings. The number of benzene rings is 2. The number of nitrogens with zero attached hydrogens (tertiary/aromatic N) is 1. The summed E-state index contributed by atoms with van der Waals surface area (Å²) in [6.07, 6.45) is 3.70. The molecule has 1 fully saturated rings. The Bertz CT molecular complexity index is 654. The van der Waals surface area contributed by atoms with Gasteiger partial charge in [-0.05, 0) is 43.6 Å². The molecule has 2 aromatic rings. The number of anilines is 1. The fraction of sp³-hybridized carbons (Fsp3) is 0.350. The van der Waals surface area contributed by atoms with Crippen LogP contribution in [0.4, 0.5) is 5.69 Å².